The van der Waals surface area contributed by atoms with E-state index in [1.54, 1.807) is 13.2 Å². The van der Waals surface area contributed by atoms with Crippen LogP contribution in [0.4, 0.5) is 0 Å². The maximum Gasteiger partial charge on any atom is 0.336 e. The number of hydrogen-bond acceptors (Lipinski definition) is 4. The molecule has 28 heavy (non-hydrogen) atoms. The third kappa shape index (κ3) is 3.57. The molecule has 0 fully saturated rings. The molecule has 0 radical (unpaired) electrons. The second-order valence-corrected chi connectivity index (χ2v) is 8.00. The molecule has 0 atom stereocenters. The van der Waals surface area contributed by atoms with Crippen LogP contribution < -0.4 is 10.4 Å². The molecule has 0 spiro atoms. The molecular weight excluding hydrogens is 350 g/mol. The standard InChI is InChI=1S/C24H27NO3/c1-15-8-17(9-16(2)24(15)27-4)13-25(3)14-20-12-23(26)28-22-11-19-7-5-6-18(19)10-21(20)22/h8-12H,5-7,13-14H2,1-4H3. The van der Waals surface area contributed by atoms with E-state index in [1.807, 2.05) is 0 Å². The first-order valence-corrected chi connectivity index (χ1v) is 9.86. The summed E-state index contributed by atoms with van der Waals surface area (Å²) in [6, 6.07) is 10.3. The Balaban J connectivity index is 1.62. The minimum atomic E-state index is -0.273. The Morgan fingerprint density at radius 3 is 2.36 bits per heavy atom. The van der Waals surface area contributed by atoms with Gasteiger partial charge in [0.05, 0.1) is 7.11 Å². The van der Waals surface area contributed by atoms with E-state index in [2.05, 4.69) is 50.1 Å². The van der Waals surface area contributed by atoms with Crippen molar-refractivity contribution in [3.05, 3.63) is 74.1 Å². The van der Waals surface area contributed by atoms with E-state index in [0.29, 0.717) is 12.1 Å². The largest absolute Gasteiger partial charge is 0.496 e. The smallest absolute Gasteiger partial charge is 0.336 e. The molecule has 0 amide bonds. The van der Waals surface area contributed by atoms with Crippen molar-refractivity contribution in [1.82, 2.24) is 4.90 Å². The molecule has 0 unspecified atom stereocenters. The molecule has 0 saturated heterocycles. The van der Waals surface area contributed by atoms with Gasteiger partial charge in [-0.1, -0.05) is 12.1 Å². The van der Waals surface area contributed by atoms with Crippen molar-refractivity contribution in [2.45, 2.75) is 46.2 Å². The lowest BCUT2D eigenvalue weighted by atomic mass is 10.0. The number of nitrogens with zero attached hydrogens (tertiary/aromatic N) is 1. The van der Waals surface area contributed by atoms with Gasteiger partial charge in [-0.2, -0.15) is 0 Å². The monoisotopic (exact) mass is 377 g/mol. The summed E-state index contributed by atoms with van der Waals surface area (Å²) in [7, 11) is 3.80. The zero-order valence-electron chi connectivity index (χ0n) is 17.1. The molecular formula is C24H27NO3. The Labute approximate surface area is 165 Å². The third-order valence-electron chi connectivity index (χ3n) is 5.66. The molecule has 1 heterocycles. The van der Waals surface area contributed by atoms with Crippen molar-refractivity contribution < 1.29 is 9.15 Å². The molecule has 0 aliphatic heterocycles. The van der Waals surface area contributed by atoms with Gasteiger partial charge in [0.1, 0.15) is 11.3 Å². The Kier molecular flexibility index (Phi) is 4.98. The van der Waals surface area contributed by atoms with Crippen LogP contribution >= 0.6 is 0 Å². The van der Waals surface area contributed by atoms with E-state index in [0.717, 1.165) is 47.2 Å². The van der Waals surface area contributed by atoms with Gasteiger partial charge in [0, 0.05) is 24.5 Å². The molecule has 4 rings (SSSR count). The van der Waals surface area contributed by atoms with E-state index >= 15 is 0 Å². The highest BCUT2D eigenvalue weighted by Gasteiger charge is 2.16. The van der Waals surface area contributed by atoms with Crippen LogP contribution in [0.2, 0.25) is 0 Å². The number of rotatable bonds is 5. The van der Waals surface area contributed by atoms with Crippen LogP contribution in [-0.4, -0.2) is 19.1 Å². The summed E-state index contributed by atoms with van der Waals surface area (Å²) in [6.45, 7) is 5.65. The van der Waals surface area contributed by atoms with Crippen molar-refractivity contribution in [3.8, 4) is 5.75 Å². The van der Waals surface area contributed by atoms with Gasteiger partial charge in [0.25, 0.3) is 0 Å². The van der Waals surface area contributed by atoms with Crippen LogP contribution in [0.5, 0.6) is 5.75 Å². The molecule has 1 aliphatic carbocycles. The zero-order valence-corrected chi connectivity index (χ0v) is 17.1. The summed E-state index contributed by atoms with van der Waals surface area (Å²) in [5.41, 5.74) is 7.73. The van der Waals surface area contributed by atoms with Gasteiger partial charge < -0.3 is 9.15 Å². The molecule has 146 valence electrons. The third-order valence-corrected chi connectivity index (χ3v) is 5.66. The first-order chi connectivity index (χ1) is 13.4. The van der Waals surface area contributed by atoms with Gasteiger partial charge in [-0.25, -0.2) is 4.79 Å². The van der Waals surface area contributed by atoms with E-state index in [1.165, 1.54) is 23.1 Å². The maximum atomic E-state index is 12.1. The van der Waals surface area contributed by atoms with Gasteiger partial charge >= 0.3 is 5.63 Å². The predicted octanol–water partition coefficient (Wildman–Crippen LogP) is 4.54. The number of fused-ring (bicyclic) bond motifs is 2. The van der Waals surface area contributed by atoms with Crippen LogP contribution in [-0.2, 0) is 25.9 Å². The molecule has 0 N–H and O–H groups in total. The molecule has 0 saturated carbocycles. The lowest BCUT2D eigenvalue weighted by Crippen LogP contribution is -2.19. The van der Waals surface area contributed by atoms with Crippen molar-refractivity contribution >= 4 is 11.0 Å². The lowest BCUT2D eigenvalue weighted by molar-refractivity contribution is 0.319. The zero-order chi connectivity index (χ0) is 19.8. The van der Waals surface area contributed by atoms with Crippen LogP contribution in [0, 0.1) is 13.8 Å². The SMILES string of the molecule is COc1c(C)cc(CN(C)Cc2cc(=O)oc3cc4c(cc23)CCC4)cc1C. The first-order valence-electron chi connectivity index (χ1n) is 9.86. The van der Waals surface area contributed by atoms with Crippen LogP contribution in [0.3, 0.4) is 0 Å². The highest BCUT2D eigenvalue weighted by Crippen LogP contribution is 2.29. The second kappa shape index (κ2) is 7.44. The number of ether oxygens (including phenoxy) is 1. The average Bonchev–Trinajstić information content (AvgIpc) is 3.07. The van der Waals surface area contributed by atoms with E-state index < -0.39 is 0 Å². The average molecular weight is 377 g/mol. The Hall–Kier alpha value is -2.59. The summed E-state index contributed by atoms with van der Waals surface area (Å²) >= 11 is 0. The minimum absolute atomic E-state index is 0.273. The fraction of sp³-hybridized carbons (Fsp3) is 0.375. The molecule has 2 aromatic carbocycles. The van der Waals surface area contributed by atoms with Crippen molar-refractivity contribution in [1.29, 1.82) is 0 Å². The summed E-state index contributed by atoms with van der Waals surface area (Å²) in [5, 5.41) is 1.06. The predicted molar refractivity (Wildman–Crippen MR) is 112 cm³/mol. The maximum absolute atomic E-state index is 12.1. The number of methoxy groups -OCH3 is 1. The highest BCUT2D eigenvalue weighted by atomic mass is 16.5. The summed E-state index contributed by atoms with van der Waals surface area (Å²) in [5.74, 6) is 0.951. The Bertz CT molecular complexity index is 1070. The number of aryl methyl sites for hydroxylation is 4. The summed E-state index contributed by atoms with van der Waals surface area (Å²) in [6.07, 6.45) is 3.38. The molecule has 1 aromatic heterocycles. The summed E-state index contributed by atoms with van der Waals surface area (Å²) < 4.78 is 11.0. The molecule has 1 aliphatic rings. The van der Waals surface area contributed by atoms with Crippen LogP contribution in [0.1, 0.15) is 39.8 Å². The van der Waals surface area contributed by atoms with Crippen molar-refractivity contribution in [2.24, 2.45) is 0 Å². The number of benzene rings is 2. The topological polar surface area (TPSA) is 42.7 Å². The normalized spacial score (nSPS) is 13.3. The van der Waals surface area contributed by atoms with Crippen molar-refractivity contribution in [2.75, 3.05) is 14.2 Å². The fourth-order valence-corrected chi connectivity index (χ4v) is 4.54. The van der Waals surface area contributed by atoms with E-state index in [-0.39, 0.29) is 5.63 Å². The lowest BCUT2D eigenvalue weighted by Gasteiger charge is -2.19. The Morgan fingerprint density at radius 1 is 1.00 bits per heavy atom. The van der Waals surface area contributed by atoms with E-state index in [9.17, 15) is 4.79 Å². The van der Waals surface area contributed by atoms with Gasteiger partial charge in [-0.3, -0.25) is 4.90 Å². The highest BCUT2D eigenvalue weighted by molar-refractivity contribution is 5.82. The number of hydrogen-bond donors (Lipinski definition) is 0. The quantitative estimate of drug-likeness (QED) is 0.612. The van der Waals surface area contributed by atoms with Gasteiger partial charge in [-0.15, -0.1) is 0 Å². The van der Waals surface area contributed by atoms with Gasteiger partial charge in [0.2, 0.25) is 0 Å². The minimum Gasteiger partial charge on any atom is -0.496 e. The van der Waals surface area contributed by atoms with Crippen LogP contribution in [0.15, 0.2) is 39.5 Å². The molecule has 4 heteroatoms. The second-order valence-electron chi connectivity index (χ2n) is 8.00. The van der Waals surface area contributed by atoms with Gasteiger partial charge in [-0.05, 0) is 85.7 Å². The first kappa shape index (κ1) is 18.8. The van der Waals surface area contributed by atoms with Crippen LogP contribution in [0.25, 0.3) is 11.0 Å². The molecule has 4 nitrogen and oxygen atoms in total. The van der Waals surface area contributed by atoms with Gasteiger partial charge in [0.15, 0.2) is 0 Å². The molecule has 3 aromatic rings. The van der Waals surface area contributed by atoms with E-state index in [4.69, 9.17) is 9.15 Å². The molecule has 0 bridgehead atoms. The Morgan fingerprint density at radius 2 is 1.68 bits per heavy atom. The van der Waals surface area contributed by atoms with Crippen molar-refractivity contribution in [3.63, 3.8) is 0 Å². The fourth-order valence-electron chi connectivity index (χ4n) is 4.54. The summed E-state index contributed by atoms with van der Waals surface area (Å²) in [4.78, 5) is 14.3.